The van der Waals surface area contributed by atoms with E-state index >= 15 is 0 Å². The van der Waals surface area contributed by atoms with Gasteiger partial charge in [-0.05, 0) is 53.6 Å². The number of ether oxygens (including phenoxy) is 1. The summed E-state index contributed by atoms with van der Waals surface area (Å²) in [4.78, 5) is 18.7. The normalized spacial score (nSPS) is 16.9. The second-order valence-electron chi connectivity index (χ2n) is 9.32. The Labute approximate surface area is 214 Å². The summed E-state index contributed by atoms with van der Waals surface area (Å²) in [6, 6.07) is 14.2. The number of rotatable bonds is 7. The van der Waals surface area contributed by atoms with Crippen molar-refractivity contribution in [2.75, 3.05) is 52.3 Å². The summed E-state index contributed by atoms with van der Waals surface area (Å²) >= 11 is 0. The second-order valence-corrected chi connectivity index (χ2v) is 9.32. The van der Waals surface area contributed by atoms with Crippen molar-refractivity contribution in [3.63, 3.8) is 0 Å². The highest BCUT2D eigenvalue weighted by molar-refractivity contribution is 6.00. The predicted octanol–water partition coefficient (Wildman–Crippen LogP) is 4.41. The maximum Gasteiger partial charge on any atom is 0.255 e. The van der Waals surface area contributed by atoms with Gasteiger partial charge in [-0.2, -0.15) is 0 Å². The van der Waals surface area contributed by atoms with Gasteiger partial charge in [0.25, 0.3) is 5.91 Å². The number of nitrogens with zero attached hydrogens (tertiary/aromatic N) is 3. The molecule has 0 aromatic heterocycles. The first-order valence-corrected chi connectivity index (χ1v) is 11.9. The molecule has 37 heavy (non-hydrogen) atoms. The standard InChI is InChI=1S/C28H30F3N3O3/c1-32(2)28(36)24-15-23(37-3)8-9-25(24)34-11-10-33(16-26(34)18-4-6-20(29)7-5-18)17-27(35)19-12-21(30)14-22(31)13-19/h4-9,12-15,26-27,35H,10-11,16-17H2,1-3H3/t26-,27+/m0/s1. The Bertz CT molecular complexity index is 1230. The van der Waals surface area contributed by atoms with Gasteiger partial charge in [0.05, 0.1) is 30.5 Å². The summed E-state index contributed by atoms with van der Waals surface area (Å²) in [5.74, 6) is -1.49. The van der Waals surface area contributed by atoms with Crippen LogP contribution in [0.2, 0.25) is 0 Å². The van der Waals surface area contributed by atoms with E-state index in [-0.39, 0.29) is 29.9 Å². The Morgan fingerprint density at radius 2 is 1.68 bits per heavy atom. The zero-order valence-electron chi connectivity index (χ0n) is 21.0. The van der Waals surface area contributed by atoms with Crippen molar-refractivity contribution in [2.24, 2.45) is 0 Å². The molecule has 0 bridgehead atoms. The van der Waals surface area contributed by atoms with E-state index in [1.165, 1.54) is 24.1 Å². The van der Waals surface area contributed by atoms with Gasteiger partial charge in [0.2, 0.25) is 0 Å². The molecular weight excluding hydrogens is 483 g/mol. The first-order valence-electron chi connectivity index (χ1n) is 11.9. The molecule has 1 fully saturated rings. The van der Waals surface area contributed by atoms with E-state index in [0.29, 0.717) is 36.6 Å². The summed E-state index contributed by atoms with van der Waals surface area (Å²) in [6.45, 7) is 1.60. The molecule has 196 valence electrons. The third-order valence-corrected chi connectivity index (χ3v) is 6.57. The Kier molecular flexibility index (Phi) is 8.04. The number of β-amino-alcohol motifs (C(OH)–C–C–N with tert-alkyl or cyclic N) is 1. The van der Waals surface area contributed by atoms with Gasteiger partial charge in [-0.25, -0.2) is 13.2 Å². The highest BCUT2D eigenvalue weighted by Crippen LogP contribution is 2.36. The third-order valence-electron chi connectivity index (χ3n) is 6.57. The Morgan fingerprint density at radius 1 is 1.00 bits per heavy atom. The molecule has 0 aliphatic carbocycles. The van der Waals surface area contributed by atoms with Crippen molar-refractivity contribution in [1.29, 1.82) is 0 Å². The van der Waals surface area contributed by atoms with Crippen molar-refractivity contribution < 1.29 is 27.8 Å². The van der Waals surface area contributed by atoms with Gasteiger partial charge in [0, 0.05) is 46.3 Å². The number of carbonyl (C=O) groups is 1. The number of halogens is 3. The summed E-state index contributed by atoms with van der Waals surface area (Å²) in [5.41, 5.74) is 2.17. The van der Waals surface area contributed by atoms with Crippen LogP contribution >= 0.6 is 0 Å². The number of hydrogen-bond donors (Lipinski definition) is 1. The fraction of sp³-hybridized carbons (Fsp3) is 0.321. The van der Waals surface area contributed by atoms with Crippen molar-refractivity contribution in [3.05, 3.63) is 94.8 Å². The predicted molar refractivity (Wildman–Crippen MR) is 135 cm³/mol. The summed E-state index contributed by atoms with van der Waals surface area (Å²) in [6.07, 6.45) is -1.10. The van der Waals surface area contributed by atoms with Crippen molar-refractivity contribution >= 4 is 11.6 Å². The highest BCUT2D eigenvalue weighted by Gasteiger charge is 2.32. The molecule has 0 radical (unpaired) electrons. The number of methoxy groups -OCH3 is 1. The Hall–Kier alpha value is -3.56. The number of benzene rings is 3. The number of amides is 1. The van der Waals surface area contributed by atoms with Gasteiger partial charge in [-0.3, -0.25) is 9.69 Å². The summed E-state index contributed by atoms with van der Waals surface area (Å²) in [5, 5.41) is 10.7. The molecule has 1 amide bonds. The van der Waals surface area contributed by atoms with Crippen LogP contribution in [0.1, 0.15) is 33.6 Å². The molecular formula is C28H30F3N3O3. The molecule has 0 unspecified atom stereocenters. The largest absolute Gasteiger partial charge is 0.497 e. The van der Waals surface area contributed by atoms with Crippen LogP contribution in [0, 0.1) is 17.5 Å². The van der Waals surface area contributed by atoms with E-state index in [2.05, 4.69) is 4.90 Å². The van der Waals surface area contributed by atoms with Crippen LogP contribution in [0.3, 0.4) is 0 Å². The minimum atomic E-state index is -1.10. The van der Waals surface area contributed by atoms with Crippen molar-refractivity contribution in [1.82, 2.24) is 9.80 Å². The van der Waals surface area contributed by atoms with Crippen LogP contribution in [-0.4, -0.2) is 68.2 Å². The molecule has 0 spiro atoms. The number of piperazine rings is 1. The van der Waals surface area contributed by atoms with E-state index < -0.39 is 17.7 Å². The van der Waals surface area contributed by atoms with Gasteiger partial charge >= 0.3 is 0 Å². The van der Waals surface area contributed by atoms with E-state index in [4.69, 9.17) is 4.74 Å². The van der Waals surface area contributed by atoms with Crippen LogP contribution in [0.4, 0.5) is 18.9 Å². The van der Waals surface area contributed by atoms with Crippen LogP contribution in [0.5, 0.6) is 5.75 Å². The molecule has 1 aliphatic heterocycles. The lowest BCUT2D eigenvalue weighted by Gasteiger charge is -2.44. The smallest absolute Gasteiger partial charge is 0.255 e. The van der Waals surface area contributed by atoms with Crippen LogP contribution in [-0.2, 0) is 0 Å². The molecule has 3 aromatic carbocycles. The van der Waals surface area contributed by atoms with E-state index in [1.807, 2.05) is 11.0 Å². The summed E-state index contributed by atoms with van der Waals surface area (Å²) < 4.78 is 46.5. The van der Waals surface area contributed by atoms with Crippen LogP contribution in [0.25, 0.3) is 0 Å². The number of carbonyl (C=O) groups excluding carboxylic acids is 1. The molecule has 3 aromatic rings. The lowest BCUT2D eigenvalue weighted by atomic mass is 9.98. The number of anilines is 1. The van der Waals surface area contributed by atoms with E-state index in [9.17, 15) is 23.1 Å². The zero-order chi connectivity index (χ0) is 26.7. The van der Waals surface area contributed by atoms with Crippen LogP contribution < -0.4 is 9.64 Å². The Morgan fingerprint density at radius 3 is 2.30 bits per heavy atom. The van der Waals surface area contributed by atoms with Gasteiger partial charge < -0.3 is 19.6 Å². The third kappa shape index (κ3) is 6.06. The first-order chi connectivity index (χ1) is 17.7. The highest BCUT2D eigenvalue weighted by atomic mass is 19.1. The molecule has 1 heterocycles. The average Bonchev–Trinajstić information content (AvgIpc) is 2.87. The lowest BCUT2D eigenvalue weighted by Crippen LogP contribution is -2.50. The average molecular weight is 514 g/mol. The van der Waals surface area contributed by atoms with E-state index in [0.717, 1.165) is 23.8 Å². The second kappa shape index (κ2) is 11.2. The zero-order valence-corrected chi connectivity index (χ0v) is 21.0. The van der Waals surface area contributed by atoms with Crippen molar-refractivity contribution in [3.8, 4) is 5.75 Å². The molecule has 2 atom stereocenters. The molecule has 1 aliphatic rings. The minimum Gasteiger partial charge on any atom is -0.497 e. The maximum atomic E-state index is 13.7. The van der Waals surface area contributed by atoms with Gasteiger partial charge in [0.15, 0.2) is 0 Å². The fourth-order valence-corrected chi connectivity index (χ4v) is 4.69. The Balaban J connectivity index is 1.66. The molecule has 1 N–H and O–H groups in total. The fourth-order valence-electron chi connectivity index (χ4n) is 4.69. The maximum absolute atomic E-state index is 13.7. The number of aliphatic hydroxyl groups is 1. The van der Waals surface area contributed by atoms with Gasteiger partial charge in [-0.1, -0.05) is 12.1 Å². The molecule has 6 nitrogen and oxygen atoms in total. The number of aliphatic hydroxyl groups excluding tert-OH is 1. The molecule has 1 saturated heterocycles. The topological polar surface area (TPSA) is 56.2 Å². The molecule has 9 heteroatoms. The molecule has 4 rings (SSSR count). The quantitative estimate of drug-likeness (QED) is 0.507. The monoisotopic (exact) mass is 513 g/mol. The minimum absolute atomic E-state index is 0.153. The van der Waals surface area contributed by atoms with E-state index in [1.54, 1.807) is 38.4 Å². The first kappa shape index (κ1) is 26.5. The lowest BCUT2D eigenvalue weighted by molar-refractivity contribution is 0.0826. The van der Waals surface area contributed by atoms with Crippen LogP contribution in [0.15, 0.2) is 60.7 Å². The molecule has 0 saturated carbocycles. The summed E-state index contributed by atoms with van der Waals surface area (Å²) in [7, 11) is 4.89. The van der Waals surface area contributed by atoms with Crippen molar-refractivity contribution in [2.45, 2.75) is 12.1 Å². The van der Waals surface area contributed by atoms with Gasteiger partial charge in [0.1, 0.15) is 23.2 Å². The van der Waals surface area contributed by atoms with Gasteiger partial charge in [-0.15, -0.1) is 0 Å². The number of hydrogen-bond acceptors (Lipinski definition) is 5. The SMILES string of the molecule is COc1ccc(N2CCN(C[C@@H](O)c3cc(F)cc(F)c3)C[C@H]2c2ccc(F)cc2)c(C(=O)N(C)C)c1.